The van der Waals surface area contributed by atoms with Crippen LogP contribution < -0.4 is 10.5 Å². The van der Waals surface area contributed by atoms with Gasteiger partial charge in [0, 0.05) is 25.2 Å². The van der Waals surface area contributed by atoms with Crippen LogP contribution in [0.25, 0.3) is 0 Å². The largest absolute Gasteiger partial charge is 0.493 e. The third-order valence-electron chi connectivity index (χ3n) is 2.83. The van der Waals surface area contributed by atoms with Crippen molar-refractivity contribution in [3.05, 3.63) is 29.8 Å². The molecule has 0 spiro atoms. The van der Waals surface area contributed by atoms with Crippen molar-refractivity contribution in [2.75, 3.05) is 33.0 Å². The average molecular weight is 311 g/mol. The van der Waals surface area contributed by atoms with E-state index in [1.807, 2.05) is 24.3 Å². The van der Waals surface area contributed by atoms with Gasteiger partial charge in [-0.15, -0.1) is 0 Å². The first kappa shape index (κ1) is 17.9. The molecule has 0 amide bonds. The highest BCUT2D eigenvalue weighted by atomic mass is 32.1. The normalized spacial score (nSPS) is 10.5. The van der Waals surface area contributed by atoms with Crippen molar-refractivity contribution >= 4 is 17.2 Å². The van der Waals surface area contributed by atoms with Crippen molar-refractivity contribution in [1.82, 2.24) is 0 Å². The maximum Gasteiger partial charge on any atom is 0.119 e. The molecule has 0 unspecified atom stereocenters. The van der Waals surface area contributed by atoms with Crippen molar-refractivity contribution in [2.24, 2.45) is 5.73 Å². The van der Waals surface area contributed by atoms with E-state index < -0.39 is 0 Å². The fourth-order valence-corrected chi connectivity index (χ4v) is 1.79. The number of hydrogen-bond donors (Lipinski definition) is 1. The second kappa shape index (κ2) is 11.5. The van der Waals surface area contributed by atoms with Crippen molar-refractivity contribution < 1.29 is 14.2 Å². The van der Waals surface area contributed by atoms with Gasteiger partial charge in [0.25, 0.3) is 0 Å². The summed E-state index contributed by atoms with van der Waals surface area (Å²) in [7, 11) is 0. The number of hydrogen-bond acceptors (Lipinski definition) is 4. The molecule has 1 aromatic rings. The Morgan fingerprint density at radius 2 is 1.76 bits per heavy atom. The number of nitrogens with two attached hydrogens (primary N) is 1. The number of ether oxygens (including phenoxy) is 3. The van der Waals surface area contributed by atoms with Gasteiger partial charge in [0.05, 0.1) is 19.8 Å². The Bertz CT molecular complexity index is 412. The van der Waals surface area contributed by atoms with Crippen molar-refractivity contribution in [2.45, 2.75) is 26.2 Å². The van der Waals surface area contributed by atoms with Gasteiger partial charge in [-0.2, -0.15) is 0 Å². The smallest absolute Gasteiger partial charge is 0.119 e. The Morgan fingerprint density at radius 3 is 2.43 bits per heavy atom. The summed E-state index contributed by atoms with van der Waals surface area (Å²) in [6, 6.07) is 7.50. The molecule has 0 aliphatic heterocycles. The van der Waals surface area contributed by atoms with E-state index in [4.69, 9.17) is 32.2 Å². The van der Waals surface area contributed by atoms with E-state index in [-0.39, 0.29) is 0 Å². The maximum absolute atomic E-state index is 5.63. The molecule has 5 heteroatoms. The van der Waals surface area contributed by atoms with Gasteiger partial charge in [-0.3, -0.25) is 0 Å². The van der Waals surface area contributed by atoms with Gasteiger partial charge in [0.2, 0.25) is 0 Å². The van der Waals surface area contributed by atoms with Crippen molar-refractivity contribution in [3.8, 4) is 5.75 Å². The Labute approximate surface area is 132 Å². The van der Waals surface area contributed by atoms with E-state index in [0.717, 1.165) is 37.2 Å². The zero-order valence-electron chi connectivity index (χ0n) is 12.7. The first-order chi connectivity index (χ1) is 10.2. The first-order valence-electron chi connectivity index (χ1n) is 7.42. The number of benzene rings is 1. The van der Waals surface area contributed by atoms with Crippen LogP contribution in [0.5, 0.6) is 5.75 Å². The molecule has 1 aromatic carbocycles. The molecule has 0 aliphatic carbocycles. The van der Waals surface area contributed by atoms with Crippen LogP contribution in [0.2, 0.25) is 0 Å². The number of thiocarbonyl (C=S) groups is 1. The van der Waals surface area contributed by atoms with Gasteiger partial charge in [0.1, 0.15) is 10.7 Å². The lowest BCUT2D eigenvalue weighted by molar-refractivity contribution is 0.0426. The molecule has 0 radical (unpaired) electrons. The van der Waals surface area contributed by atoms with Crippen LogP contribution in [0.1, 0.15) is 31.7 Å². The summed E-state index contributed by atoms with van der Waals surface area (Å²) >= 11 is 4.93. The van der Waals surface area contributed by atoms with E-state index in [1.54, 1.807) is 0 Å². The number of rotatable bonds is 12. The number of unbranched alkanes of at least 4 members (excludes halogenated alkanes) is 1. The zero-order chi connectivity index (χ0) is 15.3. The standard InChI is InChI=1S/C16H25NO3S/c1-2-3-8-18-11-12-19-9-5-10-20-15-7-4-6-14(13-15)16(17)21/h4,6-7,13H,2-3,5,8-12H2,1H3,(H2,17,21). The first-order valence-corrected chi connectivity index (χ1v) is 7.83. The molecular weight excluding hydrogens is 286 g/mol. The summed E-state index contributed by atoms with van der Waals surface area (Å²) in [6.45, 7) is 5.56. The molecule has 118 valence electrons. The monoisotopic (exact) mass is 311 g/mol. The van der Waals surface area contributed by atoms with Crippen LogP contribution in [-0.4, -0.2) is 38.0 Å². The SMILES string of the molecule is CCCCOCCOCCCOc1cccc(C(N)=S)c1. The molecule has 0 aliphatic rings. The third kappa shape index (κ3) is 8.65. The van der Waals surface area contributed by atoms with Crippen LogP contribution >= 0.6 is 12.2 Å². The molecule has 4 nitrogen and oxygen atoms in total. The fourth-order valence-electron chi connectivity index (χ4n) is 1.66. The summed E-state index contributed by atoms with van der Waals surface area (Å²) in [5.41, 5.74) is 6.40. The molecule has 0 saturated carbocycles. The van der Waals surface area contributed by atoms with Gasteiger partial charge >= 0.3 is 0 Å². The molecule has 0 aromatic heterocycles. The molecule has 0 saturated heterocycles. The Balaban J connectivity index is 2.01. The van der Waals surface area contributed by atoms with Crippen LogP contribution in [0.15, 0.2) is 24.3 Å². The Morgan fingerprint density at radius 1 is 1.05 bits per heavy atom. The van der Waals surface area contributed by atoms with Gasteiger partial charge in [0.15, 0.2) is 0 Å². The van der Waals surface area contributed by atoms with E-state index in [0.29, 0.717) is 31.4 Å². The second-order valence-corrected chi connectivity index (χ2v) is 5.11. The summed E-state index contributed by atoms with van der Waals surface area (Å²) < 4.78 is 16.5. The average Bonchev–Trinajstić information content (AvgIpc) is 2.49. The highest BCUT2D eigenvalue weighted by Crippen LogP contribution is 2.13. The highest BCUT2D eigenvalue weighted by molar-refractivity contribution is 7.80. The molecule has 0 atom stereocenters. The van der Waals surface area contributed by atoms with Gasteiger partial charge in [-0.25, -0.2) is 0 Å². The van der Waals surface area contributed by atoms with E-state index in [1.165, 1.54) is 0 Å². The van der Waals surface area contributed by atoms with Gasteiger partial charge in [-0.05, 0) is 18.6 Å². The predicted molar refractivity (Wildman–Crippen MR) is 89.0 cm³/mol. The van der Waals surface area contributed by atoms with Crippen LogP contribution in [0, 0.1) is 0 Å². The van der Waals surface area contributed by atoms with Crippen LogP contribution in [0.4, 0.5) is 0 Å². The van der Waals surface area contributed by atoms with Gasteiger partial charge in [-0.1, -0.05) is 37.7 Å². The zero-order valence-corrected chi connectivity index (χ0v) is 13.5. The van der Waals surface area contributed by atoms with Crippen LogP contribution in [0.3, 0.4) is 0 Å². The lowest BCUT2D eigenvalue weighted by atomic mass is 10.2. The highest BCUT2D eigenvalue weighted by Gasteiger charge is 1.99. The summed E-state index contributed by atoms with van der Waals surface area (Å²) in [4.78, 5) is 0.381. The minimum absolute atomic E-state index is 0.381. The van der Waals surface area contributed by atoms with E-state index in [9.17, 15) is 0 Å². The molecule has 2 N–H and O–H groups in total. The summed E-state index contributed by atoms with van der Waals surface area (Å²) in [6.07, 6.45) is 3.11. The second-order valence-electron chi connectivity index (χ2n) is 4.67. The molecule has 21 heavy (non-hydrogen) atoms. The fraction of sp³-hybridized carbons (Fsp3) is 0.562. The summed E-state index contributed by atoms with van der Waals surface area (Å²) in [5, 5.41) is 0. The van der Waals surface area contributed by atoms with Crippen molar-refractivity contribution in [3.63, 3.8) is 0 Å². The molecular formula is C16H25NO3S. The predicted octanol–water partition coefficient (Wildman–Crippen LogP) is 2.92. The van der Waals surface area contributed by atoms with Crippen molar-refractivity contribution in [1.29, 1.82) is 0 Å². The summed E-state index contributed by atoms with van der Waals surface area (Å²) in [5.74, 6) is 0.781. The molecule has 0 bridgehead atoms. The van der Waals surface area contributed by atoms with E-state index >= 15 is 0 Å². The lowest BCUT2D eigenvalue weighted by Crippen LogP contribution is -2.10. The Hall–Kier alpha value is -1.17. The topological polar surface area (TPSA) is 53.7 Å². The van der Waals surface area contributed by atoms with Gasteiger partial charge < -0.3 is 19.9 Å². The Kier molecular flexibility index (Phi) is 9.78. The minimum atomic E-state index is 0.381. The quantitative estimate of drug-likeness (QED) is 0.475. The van der Waals surface area contributed by atoms with E-state index in [2.05, 4.69) is 6.92 Å². The molecule has 1 rings (SSSR count). The molecule has 0 fully saturated rings. The van der Waals surface area contributed by atoms with Crippen LogP contribution in [-0.2, 0) is 9.47 Å². The maximum atomic E-state index is 5.63. The molecule has 0 heterocycles. The minimum Gasteiger partial charge on any atom is -0.493 e. The third-order valence-corrected chi connectivity index (χ3v) is 3.07. The lowest BCUT2D eigenvalue weighted by Gasteiger charge is -2.08.